The highest BCUT2D eigenvalue weighted by atomic mass is 16.5. The molecule has 1 aromatic rings. The number of hydrogen-bond donors (Lipinski definition) is 1. The molecule has 0 amide bonds. The van der Waals surface area contributed by atoms with Crippen molar-refractivity contribution in [2.24, 2.45) is 0 Å². The molecule has 0 bridgehead atoms. The minimum Gasteiger partial charge on any atom is -0.490 e. The predicted octanol–water partition coefficient (Wildman–Crippen LogP) is 2.79. The smallest absolute Gasteiger partial charge is 0.163 e. The number of likely N-dealkylation sites (N-methyl/N-ethyl adjacent to an activating group) is 1. The van der Waals surface area contributed by atoms with Crippen LogP contribution in [0.3, 0.4) is 0 Å². The molecule has 1 N–H and O–H groups in total. The lowest BCUT2D eigenvalue weighted by atomic mass is 10.0. The Hall–Kier alpha value is -3.01. The van der Waals surface area contributed by atoms with Gasteiger partial charge in [-0.15, -0.1) is 0 Å². The maximum Gasteiger partial charge on any atom is 0.163 e. The molecule has 1 unspecified atom stereocenters. The van der Waals surface area contributed by atoms with Gasteiger partial charge in [0.1, 0.15) is 36.3 Å². The summed E-state index contributed by atoms with van der Waals surface area (Å²) in [5.74, 6) is 0.597. The van der Waals surface area contributed by atoms with E-state index in [1.165, 1.54) is 12.8 Å². The first-order valence-electron chi connectivity index (χ1n) is 7.83. The van der Waals surface area contributed by atoms with Crippen LogP contribution in [0, 0.1) is 34.0 Å². The van der Waals surface area contributed by atoms with Crippen LogP contribution >= 0.6 is 0 Å². The van der Waals surface area contributed by atoms with Crippen LogP contribution in [0.2, 0.25) is 0 Å². The predicted molar refractivity (Wildman–Crippen MR) is 89.7 cm³/mol. The third-order valence-corrected chi connectivity index (χ3v) is 4.08. The van der Waals surface area contributed by atoms with Crippen LogP contribution < -0.4 is 10.1 Å². The van der Waals surface area contributed by atoms with Crippen LogP contribution in [0.5, 0.6) is 5.75 Å². The maximum absolute atomic E-state index is 9.16. The fraction of sp³-hybridized carbons (Fsp3) is 0.389. The second-order valence-electron chi connectivity index (χ2n) is 5.65. The van der Waals surface area contributed by atoms with Crippen molar-refractivity contribution < 1.29 is 4.74 Å². The summed E-state index contributed by atoms with van der Waals surface area (Å²) in [5, 5.41) is 29.8. The molecule has 24 heavy (non-hydrogen) atoms. The number of para-hydroxylation sites is 2. The zero-order valence-electron chi connectivity index (χ0n) is 13.6. The molecule has 0 radical (unpaired) electrons. The number of nitriles is 3. The van der Waals surface area contributed by atoms with E-state index in [-0.39, 0.29) is 11.3 Å². The first-order valence-corrected chi connectivity index (χ1v) is 7.83. The number of rotatable bonds is 5. The SMILES string of the molecule is CN1CCCCC1COc1ccccc1NC(C#N)=C(C#N)C#N. The Morgan fingerprint density at radius 1 is 1.21 bits per heavy atom. The van der Waals surface area contributed by atoms with E-state index in [0.717, 1.165) is 13.0 Å². The molecule has 122 valence electrons. The first kappa shape index (κ1) is 17.3. The van der Waals surface area contributed by atoms with Gasteiger partial charge in [-0.25, -0.2) is 0 Å². The Morgan fingerprint density at radius 3 is 2.62 bits per heavy atom. The van der Waals surface area contributed by atoms with Gasteiger partial charge in [-0.3, -0.25) is 0 Å². The molecule has 0 spiro atoms. The van der Waals surface area contributed by atoms with Gasteiger partial charge in [0.2, 0.25) is 0 Å². The van der Waals surface area contributed by atoms with Gasteiger partial charge in [-0.2, -0.15) is 15.8 Å². The van der Waals surface area contributed by atoms with Crippen LogP contribution in [0.4, 0.5) is 5.69 Å². The first-order chi connectivity index (χ1) is 11.7. The Bertz CT molecular complexity index is 719. The largest absolute Gasteiger partial charge is 0.490 e. The van der Waals surface area contributed by atoms with Crippen LogP contribution in [-0.4, -0.2) is 31.1 Å². The highest BCUT2D eigenvalue weighted by molar-refractivity contribution is 5.64. The van der Waals surface area contributed by atoms with Crippen molar-refractivity contribution in [2.75, 3.05) is 25.5 Å². The van der Waals surface area contributed by atoms with E-state index in [2.05, 4.69) is 17.3 Å². The number of allylic oxidation sites excluding steroid dienone is 2. The molecule has 0 saturated carbocycles. The number of ether oxygens (including phenoxy) is 1. The lowest BCUT2D eigenvalue weighted by Gasteiger charge is -2.32. The quantitative estimate of drug-likeness (QED) is 0.838. The van der Waals surface area contributed by atoms with E-state index in [4.69, 9.17) is 20.5 Å². The van der Waals surface area contributed by atoms with E-state index in [9.17, 15) is 0 Å². The average molecular weight is 321 g/mol. The summed E-state index contributed by atoms with van der Waals surface area (Å²) in [6.45, 7) is 1.63. The topological polar surface area (TPSA) is 95.9 Å². The average Bonchev–Trinajstić information content (AvgIpc) is 2.62. The van der Waals surface area contributed by atoms with Crippen molar-refractivity contribution >= 4 is 5.69 Å². The number of hydrogen-bond acceptors (Lipinski definition) is 6. The minimum atomic E-state index is -0.251. The molecule has 6 nitrogen and oxygen atoms in total. The Labute approximate surface area is 142 Å². The molecule has 1 aliphatic rings. The zero-order valence-corrected chi connectivity index (χ0v) is 13.6. The summed E-state index contributed by atoms with van der Waals surface area (Å²) in [5.41, 5.74) is 0.237. The normalized spacial score (nSPS) is 17.0. The lowest BCUT2D eigenvalue weighted by Crippen LogP contribution is -2.40. The number of likely N-dealkylation sites (tertiary alicyclic amines) is 1. The fourth-order valence-corrected chi connectivity index (χ4v) is 2.65. The van der Waals surface area contributed by atoms with E-state index in [1.54, 1.807) is 30.3 Å². The molecule has 6 heteroatoms. The molecule has 0 aliphatic carbocycles. The van der Waals surface area contributed by atoms with Crippen molar-refractivity contribution in [1.29, 1.82) is 15.8 Å². The number of nitrogens with zero attached hydrogens (tertiary/aromatic N) is 4. The molecule has 1 fully saturated rings. The number of benzene rings is 1. The highest BCUT2D eigenvalue weighted by Crippen LogP contribution is 2.27. The third kappa shape index (κ3) is 4.26. The third-order valence-electron chi connectivity index (χ3n) is 4.08. The van der Waals surface area contributed by atoms with Crippen molar-refractivity contribution in [3.05, 3.63) is 35.5 Å². The molecule has 1 aliphatic heterocycles. The Kier molecular flexibility index (Phi) is 6.20. The van der Waals surface area contributed by atoms with Crippen LogP contribution in [-0.2, 0) is 0 Å². The molecule has 0 aromatic heterocycles. The van der Waals surface area contributed by atoms with Crippen molar-refractivity contribution in [2.45, 2.75) is 25.3 Å². The molecular weight excluding hydrogens is 302 g/mol. The molecule has 2 rings (SSSR count). The number of nitrogens with one attached hydrogen (secondary N) is 1. The van der Waals surface area contributed by atoms with Crippen molar-refractivity contribution in [3.8, 4) is 24.0 Å². The molecule has 1 heterocycles. The zero-order chi connectivity index (χ0) is 17.4. The van der Waals surface area contributed by atoms with E-state index in [0.29, 0.717) is 24.1 Å². The standard InChI is InChI=1S/C18H19N5O/c1-23-9-5-4-6-15(23)13-24-18-8-3-2-7-16(18)22-17(12-21)14(10-19)11-20/h2-3,7-8,15,22H,4-6,9,13H2,1H3. The van der Waals surface area contributed by atoms with Crippen molar-refractivity contribution in [1.82, 2.24) is 4.90 Å². The number of piperidine rings is 1. The van der Waals surface area contributed by atoms with E-state index in [1.807, 2.05) is 12.1 Å². The molecular formula is C18H19N5O. The van der Waals surface area contributed by atoms with Gasteiger partial charge >= 0.3 is 0 Å². The van der Waals surface area contributed by atoms with Crippen LogP contribution in [0.25, 0.3) is 0 Å². The highest BCUT2D eigenvalue weighted by Gasteiger charge is 2.20. The molecule has 1 saturated heterocycles. The van der Waals surface area contributed by atoms with Gasteiger partial charge in [-0.05, 0) is 38.6 Å². The monoisotopic (exact) mass is 321 g/mol. The fourth-order valence-electron chi connectivity index (χ4n) is 2.65. The van der Waals surface area contributed by atoms with Crippen molar-refractivity contribution in [3.63, 3.8) is 0 Å². The van der Waals surface area contributed by atoms with Gasteiger partial charge in [0.05, 0.1) is 5.69 Å². The number of anilines is 1. The maximum atomic E-state index is 9.16. The molecule has 1 atom stereocenters. The van der Waals surface area contributed by atoms with Crippen LogP contribution in [0.1, 0.15) is 19.3 Å². The summed E-state index contributed by atoms with van der Waals surface area (Å²) in [4.78, 5) is 2.30. The molecule has 1 aromatic carbocycles. The summed E-state index contributed by atoms with van der Waals surface area (Å²) >= 11 is 0. The second-order valence-corrected chi connectivity index (χ2v) is 5.65. The summed E-state index contributed by atoms with van der Waals surface area (Å²) in [6, 6.07) is 12.9. The van der Waals surface area contributed by atoms with Gasteiger partial charge in [0, 0.05) is 6.04 Å². The van der Waals surface area contributed by atoms with Crippen LogP contribution in [0.15, 0.2) is 35.5 Å². The lowest BCUT2D eigenvalue weighted by molar-refractivity contribution is 0.125. The summed E-state index contributed by atoms with van der Waals surface area (Å²) < 4.78 is 5.94. The second kappa shape index (κ2) is 8.58. The van der Waals surface area contributed by atoms with Gasteiger partial charge in [0.25, 0.3) is 0 Å². The van der Waals surface area contributed by atoms with Gasteiger partial charge in [-0.1, -0.05) is 18.6 Å². The van der Waals surface area contributed by atoms with Gasteiger partial charge in [0.15, 0.2) is 5.57 Å². The Morgan fingerprint density at radius 2 is 1.96 bits per heavy atom. The Balaban J connectivity index is 2.13. The minimum absolute atomic E-state index is 0.0779. The summed E-state index contributed by atoms with van der Waals surface area (Å²) in [7, 11) is 2.10. The van der Waals surface area contributed by atoms with Gasteiger partial charge < -0.3 is 15.0 Å². The van der Waals surface area contributed by atoms with E-state index < -0.39 is 0 Å². The summed E-state index contributed by atoms with van der Waals surface area (Å²) in [6.07, 6.45) is 3.52. The van der Waals surface area contributed by atoms with E-state index >= 15 is 0 Å².